The van der Waals surface area contributed by atoms with Crippen molar-refractivity contribution in [2.24, 2.45) is 0 Å². The average molecular weight is 409 g/mol. The Hall–Kier alpha value is -0.200. The summed E-state index contributed by atoms with van der Waals surface area (Å²) in [6.45, 7) is 6.16. The van der Waals surface area contributed by atoms with Crippen LogP contribution in [0.25, 0.3) is 0 Å². The third-order valence-electron chi connectivity index (χ3n) is 6.10. The van der Waals surface area contributed by atoms with Crippen LogP contribution in [0.3, 0.4) is 0 Å². The average Bonchev–Trinajstić information content (AvgIpc) is 2.65. The fourth-order valence-electron chi connectivity index (χ4n) is 4.52. The van der Waals surface area contributed by atoms with Gasteiger partial charge in [-0.2, -0.15) is 0 Å². The van der Waals surface area contributed by atoms with Crippen molar-refractivity contribution < 1.29 is 19.2 Å². The van der Waals surface area contributed by atoms with E-state index in [0.717, 1.165) is 76.0 Å². The summed E-state index contributed by atoms with van der Waals surface area (Å²) in [5.41, 5.74) is -0.452. The number of carbonyl (C=O) groups excluding carboxylic acids is 1. The quantitative estimate of drug-likeness (QED) is 0.322. The minimum atomic E-state index is -2.58. The Balaban J connectivity index is 6.41. The van der Waals surface area contributed by atoms with Crippen LogP contribution >= 0.6 is 16.1 Å². The van der Waals surface area contributed by atoms with E-state index in [1.165, 1.54) is 0 Å². The summed E-state index contributed by atoms with van der Waals surface area (Å²) in [4.78, 5) is 24.6. The van der Waals surface area contributed by atoms with E-state index in [1.807, 2.05) is 0 Å². The first-order valence-electron chi connectivity index (χ1n) is 10.5. The van der Waals surface area contributed by atoms with E-state index in [2.05, 4.69) is 37.2 Å². The number of hydrogen-bond donors (Lipinski definition) is 1. The Morgan fingerprint density at radius 2 is 1.19 bits per heavy atom. The topological polar surface area (TPSA) is 63.6 Å². The molecular weight excluding hydrogens is 366 g/mol. The van der Waals surface area contributed by atoms with Gasteiger partial charge in [-0.25, -0.2) is 0 Å². The molecule has 2 unspecified atom stereocenters. The van der Waals surface area contributed by atoms with Crippen molar-refractivity contribution in [3.8, 4) is 0 Å². The maximum absolute atomic E-state index is 12.9. The number of hydrogen-bond acceptors (Lipinski definition) is 3. The number of aliphatic carboxylic acids is 1. The molecule has 2 atom stereocenters. The number of carboxylic acids is 1. The molecule has 0 aliphatic rings. The number of unbranched alkanes of at least 4 members (excludes halogenated alkanes) is 4. The fourth-order valence-corrected chi connectivity index (χ4v) is 13.4. The molecular formula is C20H42O4P2. The predicted molar refractivity (Wildman–Crippen MR) is 118 cm³/mol. The molecule has 1 N–H and O–H groups in total. The van der Waals surface area contributed by atoms with Gasteiger partial charge in [-0.1, -0.05) is 0 Å². The van der Waals surface area contributed by atoms with Crippen LogP contribution in [-0.2, 0) is 14.1 Å². The molecule has 26 heavy (non-hydrogen) atoms. The molecule has 0 saturated heterocycles. The number of carbonyl (C=O) groups is 2. The van der Waals surface area contributed by atoms with E-state index >= 15 is 0 Å². The van der Waals surface area contributed by atoms with E-state index in [0.29, 0.717) is 0 Å². The second-order valence-electron chi connectivity index (χ2n) is 7.93. The number of carboxylic acid groups (broad SMARTS) is 1. The van der Waals surface area contributed by atoms with Crippen molar-refractivity contribution in [1.29, 1.82) is 0 Å². The summed E-state index contributed by atoms with van der Waals surface area (Å²) >= 11 is 0. The van der Waals surface area contributed by atoms with Crippen molar-refractivity contribution in [3.05, 3.63) is 0 Å². The van der Waals surface area contributed by atoms with Crippen molar-refractivity contribution in [2.45, 2.75) is 91.1 Å². The van der Waals surface area contributed by atoms with Gasteiger partial charge in [0.05, 0.1) is 0 Å². The van der Waals surface area contributed by atoms with Gasteiger partial charge < -0.3 is 0 Å². The molecule has 0 amide bonds. The normalized spacial score (nSPS) is 14.4. The van der Waals surface area contributed by atoms with Gasteiger partial charge in [0.15, 0.2) is 0 Å². The fraction of sp³-hybridized carbons (Fsp3) is 0.900. The second kappa shape index (κ2) is 13.1. The summed E-state index contributed by atoms with van der Waals surface area (Å²) in [7, 11) is 2.07. The molecule has 0 rings (SSSR count). The van der Waals surface area contributed by atoms with Gasteiger partial charge in [0.2, 0.25) is 0 Å². The molecule has 0 aromatic heterocycles. The third kappa shape index (κ3) is 7.08. The van der Waals surface area contributed by atoms with Gasteiger partial charge in [0, 0.05) is 0 Å². The second-order valence-corrected chi connectivity index (χ2v) is 14.7. The van der Waals surface area contributed by atoms with Gasteiger partial charge in [-0.15, -0.1) is 0 Å². The zero-order chi connectivity index (χ0) is 20.1. The summed E-state index contributed by atoms with van der Waals surface area (Å²) < 4.78 is 5.11. The molecule has 4 nitrogen and oxygen atoms in total. The minimum absolute atomic E-state index is 0.0775. The van der Waals surface area contributed by atoms with Crippen molar-refractivity contribution >= 4 is 28.0 Å². The van der Waals surface area contributed by atoms with Crippen LogP contribution < -0.4 is 0 Å². The predicted octanol–water partition coefficient (Wildman–Crippen LogP) is 5.92. The zero-order valence-corrected chi connectivity index (χ0v) is 19.5. The molecule has 156 valence electrons. The van der Waals surface area contributed by atoms with Crippen molar-refractivity contribution in [1.82, 2.24) is 0 Å². The van der Waals surface area contributed by atoms with E-state index < -0.39 is 18.2 Å². The van der Waals surface area contributed by atoms with Gasteiger partial charge in [0.1, 0.15) is 0 Å². The monoisotopic (exact) mass is 408 g/mol. The molecule has 0 spiro atoms. The first kappa shape index (κ1) is 25.8. The Bertz CT molecular complexity index is 383. The molecule has 0 heterocycles. The van der Waals surface area contributed by atoms with Crippen LogP contribution in [0.1, 0.15) is 85.5 Å². The first-order chi connectivity index (χ1) is 12.3. The standard InChI is InChI=1S/C20H42O4P2/c1-5-9-13-26(14-10-6-2,15-11-7-3,16-12-8-4)18(17-19(21)22)20(23)24-25/h18H,5-17,25H2,1-4H3,(H,21,22). The first-order valence-corrected chi connectivity index (χ1v) is 14.0. The summed E-state index contributed by atoms with van der Waals surface area (Å²) in [6, 6.07) is 0. The number of rotatable bonds is 16. The van der Waals surface area contributed by atoms with Crippen LogP contribution in [0.4, 0.5) is 0 Å². The van der Waals surface area contributed by atoms with Gasteiger partial charge in [0.25, 0.3) is 0 Å². The van der Waals surface area contributed by atoms with Crippen LogP contribution in [0, 0.1) is 0 Å². The summed E-state index contributed by atoms with van der Waals surface area (Å²) in [6.07, 6.45) is 12.7. The van der Waals surface area contributed by atoms with Crippen LogP contribution in [0.15, 0.2) is 0 Å². The molecule has 0 aromatic rings. The SMILES string of the molecule is CCCCP(CCCC)(CCCC)(CCCC)C(CC(=O)O)C(=O)OP. The molecule has 6 heteroatoms. The van der Waals surface area contributed by atoms with Crippen LogP contribution in [0.2, 0.25) is 0 Å². The van der Waals surface area contributed by atoms with Crippen molar-refractivity contribution in [3.63, 3.8) is 0 Å². The van der Waals surface area contributed by atoms with Crippen LogP contribution in [-0.4, -0.2) is 47.4 Å². The van der Waals surface area contributed by atoms with Crippen LogP contribution in [0.5, 0.6) is 0 Å². The van der Waals surface area contributed by atoms with E-state index in [1.54, 1.807) is 0 Å². The van der Waals surface area contributed by atoms with Gasteiger partial charge in [-0.05, 0) is 0 Å². The summed E-state index contributed by atoms with van der Waals surface area (Å²) in [5, 5.41) is 9.61. The molecule has 0 aliphatic heterocycles. The molecule has 0 bridgehead atoms. The van der Waals surface area contributed by atoms with E-state index in [9.17, 15) is 14.7 Å². The zero-order valence-electron chi connectivity index (χ0n) is 17.5. The summed E-state index contributed by atoms with van der Waals surface area (Å²) in [5.74, 6) is -1.19. The molecule has 0 aliphatic carbocycles. The van der Waals surface area contributed by atoms with Gasteiger partial charge in [-0.3, -0.25) is 0 Å². The maximum atomic E-state index is 12.9. The van der Waals surface area contributed by atoms with E-state index in [4.69, 9.17) is 4.52 Å². The molecule has 0 saturated carbocycles. The van der Waals surface area contributed by atoms with Crippen molar-refractivity contribution in [2.75, 3.05) is 24.6 Å². The molecule has 0 fully saturated rings. The Labute approximate surface area is 163 Å². The van der Waals surface area contributed by atoms with E-state index in [-0.39, 0.29) is 12.4 Å². The Morgan fingerprint density at radius 1 is 0.846 bits per heavy atom. The third-order valence-corrected chi connectivity index (χ3v) is 14.6. The Kier molecular flexibility index (Phi) is 13.0. The molecule has 0 aromatic carbocycles. The van der Waals surface area contributed by atoms with Gasteiger partial charge >= 0.3 is 163 Å². The molecule has 0 radical (unpaired) electrons. The Morgan fingerprint density at radius 3 is 1.42 bits per heavy atom.